The molecule has 5 heteroatoms. The molecular weight excluding hydrogens is 340 g/mol. The highest BCUT2D eigenvalue weighted by atomic mass is 16.5. The van der Waals surface area contributed by atoms with Gasteiger partial charge in [-0.2, -0.15) is 0 Å². The van der Waals surface area contributed by atoms with Gasteiger partial charge in [0.15, 0.2) is 0 Å². The molecule has 1 aliphatic rings. The van der Waals surface area contributed by atoms with Crippen LogP contribution in [0, 0.1) is 5.41 Å². The molecule has 0 spiro atoms. The summed E-state index contributed by atoms with van der Waals surface area (Å²) in [6.07, 6.45) is 2.67. The van der Waals surface area contributed by atoms with Crippen LogP contribution in [0.1, 0.15) is 30.9 Å². The van der Waals surface area contributed by atoms with E-state index in [4.69, 9.17) is 4.74 Å². The molecule has 0 unspecified atom stereocenters. The molecule has 0 radical (unpaired) electrons. The second-order valence-electron chi connectivity index (χ2n) is 6.86. The number of hydrogen-bond donors (Lipinski definition) is 2. The number of carbonyl (C=O) groups is 2. The molecule has 1 saturated carbocycles. The topological polar surface area (TPSA) is 67.4 Å². The second-order valence-corrected chi connectivity index (χ2v) is 6.86. The van der Waals surface area contributed by atoms with Gasteiger partial charge in [-0.05, 0) is 48.9 Å². The first-order valence-corrected chi connectivity index (χ1v) is 9.40. The third kappa shape index (κ3) is 4.13. The maximum atomic E-state index is 12.7. The van der Waals surface area contributed by atoms with E-state index in [1.807, 2.05) is 55.5 Å². The van der Waals surface area contributed by atoms with E-state index in [1.54, 1.807) is 7.11 Å². The zero-order valence-corrected chi connectivity index (χ0v) is 15.9. The molecule has 27 heavy (non-hydrogen) atoms. The number of aryl methyl sites for hydroxylation is 1. The molecule has 0 heterocycles. The molecular formula is C22H26N2O3. The van der Waals surface area contributed by atoms with Crippen molar-refractivity contribution in [3.8, 4) is 5.75 Å². The maximum absolute atomic E-state index is 12.7. The molecule has 2 aromatic carbocycles. The number of amides is 2. The first-order chi connectivity index (χ1) is 13.1. The van der Waals surface area contributed by atoms with Crippen LogP contribution in [0.3, 0.4) is 0 Å². The van der Waals surface area contributed by atoms with Crippen molar-refractivity contribution in [3.63, 3.8) is 0 Å². The van der Waals surface area contributed by atoms with Crippen LogP contribution in [-0.2, 0) is 22.4 Å². The van der Waals surface area contributed by atoms with Crippen molar-refractivity contribution in [2.45, 2.75) is 32.6 Å². The Balaban J connectivity index is 1.58. The summed E-state index contributed by atoms with van der Waals surface area (Å²) < 4.78 is 5.33. The first kappa shape index (κ1) is 19.0. The van der Waals surface area contributed by atoms with E-state index in [9.17, 15) is 9.59 Å². The van der Waals surface area contributed by atoms with Crippen LogP contribution in [-0.4, -0.2) is 25.5 Å². The highest BCUT2D eigenvalue weighted by Crippen LogP contribution is 2.47. The Morgan fingerprint density at radius 3 is 2.33 bits per heavy atom. The Labute approximate surface area is 160 Å². The van der Waals surface area contributed by atoms with E-state index in [-0.39, 0.29) is 11.8 Å². The van der Waals surface area contributed by atoms with Crippen molar-refractivity contribution in [3.05, 3.63) is 59.7 Å². The normalized spacial score (nSPS) is 14.3. The summed E-state index contributed by atoms with van der Waals surface area (Å²) in [5, 5.41) is 5.88. The van der Waals surface area contributed by atoms with Crippen LogP contribution >= 0.6 is 0 Å². The van der Waals surface area contributed by atoms with Gasteiger partial charge in [-0.15, -0.1) is 0 Å². The summed E-state index contributed by atoms with van der Waals surface area (Å²) in [4.78, 5) is 25.4. The van der Waals surface area contributed by atoms with Gasteiger partial charge in [0, 0.05) is 12.2 Å². The van der Waals surface area contributed by atoms with E-state index in [2.05, 4.69) is 10.6 Å². The van der Waals surface area contributed by atoms with Gasteiger partial charge < -0.3 is 15.4 Å². The van der Waals surface area contributed by atoms with Crippen LogP contribution in [0.2, 0.25) is 0 Å². The summed E-state index contributed by atoms with van der Waals surface area (Å²) >= 11 is 0. The van der Waals surface area contributed by atoms with Crippen LogP contribution in [0.15, 0.2) is 48.5 Å². The lowest BCUT2D eigenvalue weighted by atomic mass is 10.0. The molecule has 2 N–H and O–H groups in total. The van der Waals surface area contributed by atoms with Gasteiger partial charge >= 0.3 is 0 Å². The van der Waals surface area contributed by atoms with Gasteiger partial charge in [-0.1, -0.05) is 43.3 Å². The molecule has 0 atom stereocenters. The summed E-state index contributed by atoms with van der Waals surface area (Å²) in [5.74, 6) is 0.406. The predicted octanol–water partition coefficient (Wildman–Crippen LogP) is 3.34. The monoisotopic (exact) mass is 366 g/mol. The highest BCUT2D eigenvalue weighted by molar-refractivity contribution is 6.13. The third-order valence-corrected chi connectivity index (χ3v) is 5.14. The first-order valence-electron chi connectivity index (χ1n) is 9.40. The number of methoxy groups -OCH3 is 1. The average Bonchev–Trinajstić information content (AvgIpc) is 3.51. The van der Waals surface area contributed by atoms with E-state index < -0.39 is 5.41 Å². The van der Waals surface area contributed by atoms with Crippen LogP contribution in [0.4, 0.5) is 5.69 Å². The molecule has 5 nitrogen and oxygen atoms in total. The number of nitrogens with one attached hydrogen (secondary N) is 2. The lowest BCUT2D eigenvalue weighted by Gasteiger charge is -2.17. The third-order valence-electron chi connectivity index (χ3n) is 5.14. The van der Waals surface area contributed by atoms with Crippen LogP contribution in [0.5, 0.6) is 5.75 Å². The van der Waals surface area contributed by atoms with Crippen LogP contribution in [0.25, 0.3) is 0 Å². The number of carbonyl (C=O) groups excluding carboxylic acids is 2. The second kappa shape index (κ2) is 8.25. The smallest absolute Gasteiger partial charge is 0.240 e. The Bertz CT molecular complexity index is 828. The number of anilines is 1. The van der Waals surface area contributed by atoms with E-state index in [0.717, 1.165) is 29.0 Å². The Morgan fingerprint density at radius 2 is 1.67 bits per heavy atom. The zero-order valence-electron chi connectivity index (χ0n) is 15.9. The molecule has 0 saturated heterocycles. The summed E-state index contributed by atoms with van der Waals surface area (Å²) in [6, 6.07) is 15.5. The molecule has 3 rings (SSSR count). The van der Waals surface area contributed by atoms with Gasteiger partial charge in [0.05, 0.1) is 7.11 Å². The number of benzene rings is 2. The fraction of sp³-hybridized carbons (Fsp3) is 0.364. The largest absolute Gasteiger partial charge is 0.496 e. The SMILES string of the molecule is CCc1ccccc1NC(=O)C1(C(=O)NCCc2ccccc2OC)CC1. The standard InChI is InChI=1S/C22H26N2O3/c1-3-16-8-4-6-10-18(16)24-21(26)22(13-14-22)20(25)23-15-12-17-9-5-7-11-19(17)27-2/h4-11H,3,12-15H2,1-2H3,(H,23,25)(H,24,26). The van der Waals surface area contributed by atoms with Crippen molar-refractivity contribution in [1.29, 1.82) is 0 Å². The fourth-order valence-electron chi connectivity index (χ4n) is 3.26. The number of hydrogen-bond acceptors (Lipinski definition) is 3. The molecule has 0 aliphatic heterocycles. The lowest BCUT2D eigenvalue weighted by molar-refractivity contribution is -0.134. The number of para-hydroxylation sites is 2. The summed E-state index contributed by atoms with van der Waals surface area (Å²) in [6.45, 7) is 2.52. The van der Waals surface area contributed by atoms with Gasteiger partial charge in [0.25, 0.3) is 0 Å². The molecule has 0 bridgehead atoms. The van der Waals surface area contributed by atoms with Crippen molar-refractivity contribution < 1.29 is 14.3 Å². The fourth-order valence-corrected chi connectivity index (χ4v) is 3.26. The Morgan fingerprint density at radius 1 is 1.00 bits per heavy atom. The molecule has 2 aromatic rings. The summed E-state index contributed by atoms with van der Waals surface area (Å²) in [7, 11) is 1.63. The summed E-state index contributed by atoms with van der Waals surface area (Å²) in [5.41, 5.74) is 1.96. The van der Waals surface area contributed by atoms with E-state index >= 15 is 0 Å². The van der Waals surface area contributed by atoms with Crippen molar-refractivity contribution in [2.75, 3.05) is 19.0 Å². The molecule has 0 aromatic heterocycles. The minimum Gasteiger partial charge on any atom is -0.496 e. The van der Waals surface area contributed by atoms with Crippen molar-refractivity contribution >= 4 is 17.5 Å². The molecule has 142 valence electrons. The number of ether oxygens (including phenoxy) is 1. The zero-order chi connectivity index (χ0) is 19.3. The maximum Gasteiger partial charge on any atom is 0.240 e. The van der Waals surface area contributed by atoms with E-state index in [1.165, 1.54) is 0 Å². The van der Waals surface area contributed by atoms with E-state index in [0.29, 0.717) is 25.8 Å². The van der Waals surface area contributed by atoms with Gasteiger partial charge in [0.1, 0.15) is 11.2 Å². The Kier molecular flexibility index (Phi) is 5.79. The number of rotatable bonds is 8. The van der Waals surface area contributed by atoms with Gasteiger partial charge in [0.2, 0.25) is 11.8 Å². The van der Waals surface area contributed by atoms with Crippen molar-refractivity contribution in [1.82, 2.24) is 5.32 Å². The van der Waals surface area contributed by atoms with Gasteiger partial charge in [-0.25, -0.2) is 0 Å². The highest BCUT2D eigenvalue weighted by Gasteiger charge is 2.56. The quantitative estimate of drug-likeness (QED) is 0.704. The van der Waals surface area contributed by atoms with Crippen LogP contribution < -0.4 is 15.4 Å². The van der Waals surface area contributed by atoms with Gasteiger partial charge in [-0.3, -0.25) is 9.59 Å². The average molecular weight is 366 g/mol. The minimum atomic E-state index is -0.929. The Hall–Kier alpha value is -2.82. The minimum absolute atomic E-state index is 0.191. The van der Waals surface area contributed by atoms with Crippen molar-refractivity contribution in [2.24, 2.45) is 5.41 Å². The molecule has 1 aliphatic carbocycles. The molecule has 2 amide bonds. The lowest BCUT2D eigenvalue weighted by Crippen LogP contribution is -2.40. The molecule has 1 fully saturated rings. The predicted molar refractivity (Wildman–Crippen MR) is 106 cm³/mol.